The molecule has 0 N–H and O–H groups in total. The zero-order chi connectivity index (χ0) is 18.3. The van der Waals surface area contributed by atoms with Gasteiger partial charge in [-0.3, -0.25) is 0 Å². The maximum absolute atomic E-state index is 11.7. The van der Waals surface area contributed by atoms with Gasteiger partial charge in [-0.05, 0) is 70.1 Å². The Labute approximate surface area is 151 Å². The first kappa shape index (κ1) is 19.5. The molecule has 0 radical (unpaired) electrons. The summed E-state index contributed by atoms with van der Waals surface area (Å²) in [4.78, 5) is 11.7. The van der Waals surface area contributed by atoms with Crippen LogP contribution in [0.5, 0.6) is 5.75 Å². The molecule has 0 bridgehead atoms. The number of hydrogen-bond donors (Lipinski definition) is 0. The Bertz CT molecular complexity index is 548. The second-order valence-electron chi connectivity index (χ2n) is 7.54. The van der Waals surface area contributed by atoms with Crippen LogP contribution in [0, 0.1) is 0 Å². The van der Waals surface area contributed by atoms with Gasteiger partial charge in [-0.25, -0.2) is 4.79 Å². The van der Waals surface area contributed by atoms with E-state index in [1.54, 1.807) is 6.08 Å². The largest absolute Gasteiger partial charge is 0.490 e. The minimum atomic E-state index is -0.459. The minimum absolute atomic E-state index is 0.0436. The van der Waals surface area contributed by atoms with Gasteiger partial charge >= 0.3 is 5.97 Å². The van der Waals surface area contributed by atoms with Crippen molar-refractivity contribution in [1.82, 2.24) is 0 Å². The third kappa shape index (κ3) is 6.91. The number of ether oxygens (including phenoxy) is 3. The van der Waals surface area contributed by atoms with Crippen LogP contribution < -0.4 is 4.74 Å². The maximum atomic E-state index is 11.7. The van der Waals surface area contributed by atoms with Crippen LogP contribution in [0.1, 0.15) is 57.9 Å². The Morgan fingerprint density at radius 3 is 2.36 bits per heavy atom. The van der Waals surface area contributed by atoms with Crippen LogP contribution in [0.15, 0.2) is 36.9 Å². The van der Waals surface area contributed by atoms with Gasteiger partial charge in [0.05, 0.1) is 6.10 Å². The fourth-order valence-corrected chi connectivity index (χ4v) is 3.11. The predicted octanol–water partition coefficient (Wildman–Crippen LogP) is 4.64. The fraction of sp³-hybridized carbons (Fsp3) is 0.571. The smallest absolute Gasteiger partial charge is 0.332 e. The number of benzene rings is 1. The van der Waals surface area contributed by atoms with Crippen molar-refractivity contribution in [3.05, 3.63) is 42.5 Å². The molecule has 0 unspecified atom stereocenters. The summed E-state index contributed by atoms with van der Waals surface area (Å²) in [6, 6.07) is 8.32. The van der Waals surface area contributed by atoms with Crippen molar-refractivity contribution in [2.75, 3.05) is 13.2 Å². The zero-order valence-electron chi connectivity index (χ0n) is 15.6. The molecule has 1 aliphatic carbocycles. The molecule has 1 aromatic rings. The van der Waals surface area contributed by atoms with E-state index in [0.29, 0.717) is 12.5 Å². The average Bonchev–Trinajstić information content (AvgIpc) is 2.58. The third-order valence-corrected chi connectivity index (χ3v) is 4.25. The molecule has 4 nitrogen and oxygen atoms in total. The topological polar surface area (TPSA) is 44.8 Å². The SMILES string of the molecule is C=CCOc1ccc([C@H]2CC[C@H](OCC(=O)OC(C)(C)C)CC2)cc1. The van der Waals surface area contributed by atoms with Gasteiger partial charge < -0.3 is 14.2 Å². The number of hydrogen-bond acceptors (Lipinski definition) is 4. The van der Waals surface area contributed by atoms with E-state index >= 15 is 0 Å². The highest BCUT2D eigenvalue weighted by Crippen LogP contribution is 2.34. The summed E-state index contributed by atoms with van der Waals surface area (Å²) in [6.45, 7) is 9.82. The Morgan fingerprint density at radius 1 is 1.16 bits per heavy atom. The lowest BCUT2D eigenvalue weighted by atomic mass is 9.83. The molecule has 2 rings (SSSR count). The highest BCUT2D eigenvalue weighted by Gasteiger charge is 2.24. The Morgan fingerprint density at radius 2 is 1.80 bits per heavy atom. The molecule has 1 aliphatic rings. The van der Waals surface area contributed by atoms with Crippen LogP contribution in [0.2, 0.25) is 0 Å². The van der Waals surface area contributed by atoms with Gasteiger partial charge in [0.25, 0.3) is 0 Å². The lowest BCUT2D eigenvalue weighted by Gasteiger charge is -2.29. The van der Waals surface area contributed by atoms with Crippen molar-refractivity contribution < 1.29 is 19.0 Å². The van der Waals surface area contributed by atoms with Gasteiger partial charge in [-0.1, -0.05) is 24.8 Å². The molecule has 1 saturated carbocycles. The van der Waals surface area contributed by atoms with E-state index in [1.807, 2.05) is 32.9 Å². The Kier molecular flexibility index (Phi) is 7.06. The van der Waals surface area contributed by atoms with Crippen molar-refractivity contribution >= 4 is 5.97 Å². The van der Waals surface area contributed by atoms with Crippen LogP contribution >= 0.6 is 0 Å². The molecule has 138 valence electrons. The van der Waals surface area contributed by atoms with Crippen molar-refractivity contribution in [3.8, 4) is 5.75 Å². The summed E-state index contributed by atoms with van der Waals surface area (Å²) in [6.07, 6.45) is 5.99. The van der Waals surface area contributed by atoms with Crippen LogP contribution in [0.25, 0.3) is 0 Å². The molecule has 1 fully saturated rings. The van der Waals surface area contributed by atoms with Gasteiger partial charge in [0.15, 0.2) is 0 Å². The predicted molar refractivity (Wildman–Crippen MR) is 98.9 cm³/mol. The minimum Gasteiger partial charge on any atom is -0.490 e. The number of rotatable bonds is 7. The average molecular weight is 346 g/mol. The molecule has 0 aliphatic heterocycles. The van der Waals surface area contributed by atoms with E-state index < -0.39 is 5.60 Å². The second kappa shape index (κ2) is 9.04. The first-order valence-corrected chi connectivity index (χ1v) is 9.04. The van der Waals surface area contributed by atoms with E-state index in [4.69, 9.17) is 14.2 Å². The number of carbonyl (C=O) groups excluding carboxylic acids is 1. The van der Waals surface area contributed by atoms with E-state index in [1.165, 1.54) is 5.56 Å². The summed E-state index contributed by atoms with van der Waals surface area (Å²) in [7, 11) is 0. The number of carbonyl (C=O) groups is 1. The summed E-state index contributed by atoms with van der Waals surface area (Å²) >= 11 is 0. The summed E-state index contributed by atoms with van der Waals surface area (Å²) < 4.78 is 16.5. The molecule has 0 amide bonds. The summed E-state index contributed by atoms with van der Waals surface area (Å²) in [5.41, 5.74) is 0.885. The van der Waals surface area contributed by atoms with Crippen molar-refractivity contribution in [2.24, 2.45) is 0 Å². The molecule has 0 atom stereocenters. The van der Waals surface area contributed by atoms with Crippen LogP contribution in [0.3, 0.4) is 0 Å². The maximum Gasteiger partial charge on any atom is 0.332 e. The van der Waals surface area contributed by atoms with Gasteiger partial charge in [-0.15, -0.1) is 0 Å². The normalized spacial score (nSPS) is 20.8. The highest BCUT2D eigenvalue weighted by atomic mass is 16.6. The molecule has 0 heterocycles. The molecule has 0 spiro atoms. The Balaban J connectivity index is 1.74. The third-order valence-electron chi connectivity index (χ3n) is 4.25. The lowest BCUT2D eigenvalue weighted by Crippen LogP contribution is -2.29. The molecule has 0 saturated heterocycles. The highest BCUT2D eigenvalue weighted by molar-refractivity contribution is 5.71. The standard InChI is InChI=1S/C21H30O4/c1-5-14-23-18-10-6-16(7-11-18)17-8-12-19(13-9-17)24-15-20(22)25-21(2,3)4/h5-7,10-11,17,19H,1,8-9,12-15H2,2-4H3/t17-,19-. The number of esters is 1. The van der Waals surface area contributed by atoms with Gasteiger partial charge in [0.2, 0.25) is 0 Å². The zero-order valence-corrected chi connectivity index (χ0v) is 15.6. The second-order valence-corrected chi connectivity index (χ2v) is 7.54. The van der Waals surface area contributed by atoms with E-state index in [2.05, 4.69) is 18.7 Å². The quantitative estimate of drug-likeness (QED) is 0.533. The van der Waals surface area contributed by atoms with Crippen molar-refractivity contribution in [1.29, 1.82) is 0 Å². The molecular weight excluding hydrogens is 316 g/mol. The van der Waals surface area contributed by atoms with Gasteiger partial charge in [0, 0.05) is 0 Å². The Hall–Kier alpha value is -1.81. The first-order chi connectivity index (χ1) is 11.9. The van der Waals surface area contributed by atoms with E-state index in [0.717, 1.165) is 31.4 Å². The summed E-state index contributed by atoms with van der Waals surface area (Å²) in [5.74, 6) is 1.14. The lowest BCUT2D eigenvalue weighted by molar-refractivity contribution is -0.162. The monoisotopic (exact) mass is 346 g/mol. The molecule has 4 heteroatoms. The van der Waals surface area contributed by atoms with Crippen molar-refractivity contribution in [3.63, 3.8) is 0 Å². The fourth-order valence-electron chi connectivity index (χ4n) is 3.11. The summed E-state index contributed by atoms with van der Waals surface area (Å²) in [5, 5.41) is 0. The van der Waals surface area contributed by atoms with Crippen LogP contribution in [-0.2, 0) is 14.3 Å². The molecule has 0 aromatic heterocycles. The molecular formula is C21H30O4. The van der Waals surface area contributed by atoms with Gasteiger partial charge in [0.1, 0.15) is 24.6 Å². The molecule has 1 aromatic carbocycles. The van der Waals surface area contributed by atoms with Crippen LogP contribution in [0.4, 0.5) is 0 Å². The molecule has 25 heavy (non-hydrogen) atoms. The van der Waals surface area contributed by atoms with E-state index in [9.17, 15) is 4.79 Å². The van der Waals surface area contributed by atoms with E-state index in [-0.39, 0.29) is 18.7 Å². The van der Waals surface area contributed by atoms with Crippen LogP contribution in [-0.4, -0.2) is 30.9 Å². The first-order valence-electron chi connectivity index (χ1n) is 9.04. The van der Waals surface area contributed by atoms with Crippen molar-refractivity contribution in [2.45, 2.75) is 64.1 Å². The van der Waals surface area contributed by atoms with Gasteiger partial charge in [-0.2, -0.15) is 0 Å².